The quantitative estimate of drug-likeness (QED) is 0.800. The van der Waals surface area contributed by atoms with Crippen molar-refractivity contribution in [1.82, 2.24) is 19.7 Å². The highest BCUT2D eigenvalue weighted by atomic mass is 35.5. The molecule has 22 heavy (non-hydrogen) atoms. The number of anilines is 1. The molecule has 3 aromatic rings. The molecule has 3 rings (SSSR count). The molecule has 0 aliphatic carbocycles. The van der Waals surface area contributed by atoms with E-state index in [9.17, 15) is 0 Å². The van der Waals surface area contributed by atoms with E-state index in [1.165, 1.54) is 0 Å². The number of hydrogen-bond donors (Lipinski definition) is 1. The first-order chi connectivity index (χ1) is 10.6. The lowest BCUT2D eigenvalue weighted by atomic mass is 10.2. The highest BCUT2D eigenvalue weighted by molar-refractivity contribution is 6.30. The van der Waals surface area contributed by atoms with E-state index in [-0.39, 0.29) is 0 Å². The summed E-state index contributed by atoms with van der Waals surface area (Å²) in [6.07, 6.45) is 3.39. The molecule has 1 aromatic carbocycles. The van der Waals surface area contributed by atoms with Gasteiger partial charge in [0.15, 0.2) is 5.82 Å². The predicted molar refractivity (Wildman–Crippen MR) is 87.4 cm³/mol. The van der Waals surface area contributed by atoms with Gasteiger partial charge in [-0.25, -0.2) is 9.67 Å². The molecule has 0 aliphatic rings. The SMILES string of the molecule is Cc1cc(C)n(-c2cncc(NCc3cccc(Cl)c3)n2)n1. The van der Waals surface area contributed by atoms with Crippen molar-refractivity contribution in [2.24, 2.45) is 0 Å². The lowest BCUT2D eigenvalue weighted by Crippen LogP contribution is -2.07. The second kappa shape index (κ2) is 6.15. The molecule has 0 fully saturated rings. The Morgan fingerprint density at radius 2 is 2.05 bits per heavy atom. The molecule has 0 radical (unpaired) electrons. The first kappa shape index (κ1) is 14.5. The van der Waals surface area contributed by atoms with Crippen molar-refractivity contribution in [3.8, 4) is 5.82 Å². The molecule has 112 valence electrons. The molecule has 0 aliphatic heterocycles. The van der Waals surface area contributed by atoms with Crippen LogP contribution in [0.15, 0.2) is 42.7 Å². The number of aryl methyl sites for hydroxylation is 2. The Morgan fingerprint density at radius 3 is 2.77 bits per heavy atom. The maximum Gasteiger partial charge on any atom is 0.174 e. The topological polar surface area (TPSA) is 55.6 Å². The van der Waals surface area contributed by atoms with Crippen molar-refractivity contribution >= 4 is 17.4 Å². The maximum absolute atomic E-state index is 5.98. The molecule has 0 atom stereocenters. The van der Waals surface area contributed by atoms with Gasteiger partial charge in [-0.2, -0.15) is 5.10 Å². The van der Waals surface area contributed by atoms with Crippen LogP contribution in [-0.4, -0.2) is 19.7 Å². The molecular formula is C16H16ClN5. The van der Waals surface area contributed by atoms with E-state index in [0.717, 1.165) is 22.0 Å². The number of halogens is 1. The van der Waals surface area contributed by atoms with E-state index in [4.69, 9.17) is 11.6 Å². The number of nitrogens with zero attached hydrogens (tertiary/aromatic N) is 4. The molecule has 2 heterocycles. The van der Waals surface area contributed by atoms with Crippen LogP contribution < -0.4 is 5.32 Å². The van der Waals surface area contributed by atoms with Gasteiger partial charge >= 0.3 is 0 Å². The molecule has 0 spiro atoms. The first-order valence-electron chi connectivity index (χ1n) is 6.96. The zero-order valence-corrected chi connectivity index (χ0v) is 13.2. The summed E-state index contributed by atoms with van der Waals surface area (Å²) in [5.41, 5.74) is 3.07. The van der Waals surface area contributed by atoms with Gasteiger partial charge in [-0.05, 0) is 37.6 Å². The Hall–Kier alpha value is -2.40. The van der Waals surface area contributed by atoms with Crippen LogP contribution in [0.1, 0.15) is 17.0 Å². The zero-order valence-electron chi connectivity index (χ0n) is 12.4. The standard InChI is InChI=1S/C16H16ClN5/c1-11-6-12(2)22(21-11)16-10-18-9-15(20-16)19-8-13-4-3-5-14(17)7-13/h3-7,9-10H,8H2,1-2H3,(H,19,20). The summed E-state index contributed by atoms with van der Waals surface area (Å²) in [5, 5.41) is 8.40. The van der Waals surface area contributed by atoms with Crippen LogP contribution in [0.4, 0.5) is 5.82 Å². The second-order valence-electron chi connectivity index (χ2n) is 5.08. The van der Waals surface area contributed by atoms with Crippen LogP contribution >= 0.6 is 11.6 Å². The fourth-order valence-corrected chi connectivity index (χ4v) is 2.46. The van der Waals surface area contributed by atoms with Crippen LogP contribution in [0, 0.1) is 13.8 Å². The third-order valence-electron chi connectivity index (χ3n) is 3.21. The molecule has 0 unspecified atom stereocenters. The summed E-state index contributed by atoms with van der Waals surface area (Å²) < 4.78 is 1.78. The van der Waals surface area contributed by atoms with Crippen molar-refractivity contribution in [3.63, 3.8) is 0 Å². The molecule has 0 saturated carbocycles. The number of aromatic nitrogens is 4. The molecular weight excluding hydrogens is 298 g/mol. The molecule has 0 bridgehead atoms. The van der Waals surface area contributed by atoms with Gasteiger partial charge < -0.3 is 5.32 Å². The average Bonchev–Trinajstić information content (AvgIpc) is 2.84. The highest BCUT2D eigenvalue weighted by Gasteiger charge is 2.06. The van der Waals surface area contributed by atoms with Crippen LogP contribution in [0.2, 0.25) is 5.02 Å². The van der Waals surface area contributed by atoms with Crippen LogP contribution in [0.5, 0.6) is 0 Å². The lowest BCUT2D eigenvalue weighted by molar-refractivity contribution is 0.799. The third kappa shape index (κ3) is 3.26. The second-order valence-corrected chi connectivity index (χ2v) is 5.52. The van der Waals surface area contributed by atoms with Crippen LogP contribution in [0.25, 0.3) is 5.82 Å². The van der Waals surface area contributed by atoms with E-state index in [1.807, 2.05) is 44.2 Å². The van der Waals surface area contributed by atoms with Gasteiger partial charge in [-0.15, -0.1) is 0 Å². The number of benzene rings is 1. The minimum Gasteiger partial charge on any atom is -0.365 e. The van der Waals surface area contributed by atoms with Crippen molar-refractivity contribution in [1.29, 1.82) is 0 Å². The lowest BCUT2D eigenvalue weighted by Gasteiger charge is -2.08. The summed E-state index contributed by atoms with van der Waals surface area (Å²) in [4.78, 5) is 8.78. The molecule has 0 saturated heterocycles. The van der Waals surface area contributed by atoms with Gasteiger partial charge in [0.25, 0.3) is 0 Å². The summed E-state index contributed by atoms with van der Waals surface area (Å²) >= 11 is 5.98. The van der Waals surface area contributed by atoms with E-state index in [1.54, 1.807) is 17.1 Å². The minimum atomic E-state index is 0.635. The van der Waals surface area contributed by atoms with Gasteiger partial charge in [-0.1, -0.05) is 23.7 Å². The van der Waals surface area contributed by atoms with E-state index < -0.39 is 0 Å². The largest absolute Gasteiger partial charge is 0.365 e. The fourth-order valence-electron chi connectivity index (χ4n) is 2.24. The Kier molecular flexibility index (Phi) is 4.06. The zero-order chi connectivity index (χ0) is 15.5. The van der Waals surface area contributed by atoms with Gasteiger partial charge in [0, 0.05) is 17.3 Å². The summed E-state index contributed by atoms with van der Waals surface area (Å²) in [7, 11) is 0. The normalized spacial score (nSPS) is 10.7. The first-order valence-corrected chi connectivity index (χ1v) is 7.33. The van der Waals surface area contributed by atoms with Gasteiger partial charge in [0.2, 0.25) is 0 Å². The van der Waals surface area contributed by atoms with Crippen molar-refractivity contribution < 1.29 is 0 Å². The number of hydrogen-bond acceptors (Lipinski definition) is 4. The average molecular weight is 314 g/mol. The summed E-state index contributed by atoms with van der Waals surface area (Å²) in [5.74, 6) is 1.40. The monoisotopic (exact) mass is 313 g/mol. The minimum absolute atomic E-state index is 0.635. The van der Waals surface area contributed by atoms with Crippen LogP contribution in [-0.2, 0) is 6.54 Å². The highest BCUT2D eigenvalue weighted by Crippen LogP contribution is 2.14. The Bertz CT molecular complexity index is 797. The van der Waals surface area contributed by atoms with Gasteiger partial charge in [-0.3, -0.25) is 4.98 Å². The molecule has 1 N–H and O–H groups in total. The van der Waals surface area contributed by atoms with E-state index >= 15 is 0 Å². The Morgan fingerprint density at radius 1 is 1.18 bits per heavy atom. The Labute approximate surface area is 134 Å². The number of rotatable bonds is 4. The maximum atomic E-state index is 5.98. The van der Waals surface area contributed by atoms with Gasteiger partial charge in [0.1, 0.15) is 5.82 Å². The summed E-state index contributed by atoms with van der Waals surface area (Å²) in [6.45, 7) is 4.59. The van der Waals surface area contributed by atoms with E-state index in [2.05, 4.69) is 20.4 Å². The van der Waals surface area contributed by atoms with Crippen molar-refractivity contribution in [2.75, 3.05) is 5.32 Å². The molecule has 6 heteroatoms. The molecule has 5 nitrogen and oxygen atoms in total. The van der Waals surface area contributed by atoms with E-state index in [0.29, 0.717) is 18.2 Å². The van der Waals surface area contributed by atoms with Crippen LogP contribution in [0.3, 0.4) is 0 Å². The van der Waals surface area contributed by atoms with Crippen molar-refractivity contribution in [2.45, 2.75) is 20.4 Å². The predicted octanol–water partition coefficient (Wildman–Crippen LogP) is 3.54. The van der Waals surface area contributed by atoms with Crippen molar-refractivity contribution in [3.05, 3.63) is 64.7 Å². The smallest absolute Gasteiger partial charge is 0.174 e. The number of nitrogens with one attached hydrogen (secondary N) is 1. The Balaban J connectivity index is 1.78. The fraction of sp³-hybridized carbons (Fsp3) is 0.188. The molecule has 2 aromatic heterocycles. The summed E-state index contributed by atoms with van der Waals surface area (Å²) in [6, 6.07) is 9.73. The van der Waals surface area contributed by atoms with Gasteiger partial charge in [0.05, 0.1) is 18.1 Å². The molecule has 0 amide bonds. The third-order valence-corrected chi connectivity index (χ3v) is 3.45.